The second kappa shape index (κ2) is 7.94. The number of halogens is 1. The quantitative estimate of drug-likeness (QED) is 0.599. The molecule has 152 valence electrons. The van der Waals surface area contributed by atoms with E-state index in [-0.39, 0.29) is 27.2 Å². The molecule has 1 heterocycles. The molecule has 0 fully saturated rings. The van der Waals surface area contributed by atoms with Gasteiger partial charge < -0.3 is 0 Å². The topological polar surface area (TPSA) is 110 Å². The fraction of sp³-hybridized carbons (Fsp3) is 0.211. The zero-order chi connectivity index (χ0) is 21.3. The number of nitrogens with zero attached hydrogens (tertiary/aromatic N) is 2. The van der Waals surface area contributed by atoms with E-state index in [1.807, 2.05) is 4.83 Å². The number of amides is 1. The van der Waals surface area contributed by atoms with Crippen LogP contribution in [0.3, 0.4) is 0 Å². The molecule has 0 saturated heterocycles. The summed E-state index contributed by atoms with van der Waals surface area (Å²) in [5.74, 6) is -0.794. The number of hydrogen-bond donors (Lipinski definition) is 2. The molecule has 10 heteroatoms. The largest absolute Gasteiger partial charge is 0.287 e. The number of hydrazine groups is 1. The Balaban J connectivity index is 1.95. The molecule has 0 radical (unpaired) electrons. The van der Waals surface area contributed by atoms with E-state index in [0.717, 1.165) is 5.56 Å². The van der Waals surface area contributed by atoms with E-state index in [1.54, 1.807) is 51.1 Å². The Hall–Kier alpha value is -2.75. The van der Waals surface area contributed by atoms with Gasteiger partial charge in [-0.25, -0.2) is 13.1 Å². The van der Waals surface area contributed by atoms with Gasteiger partial charge in [-0.15, -0.1) is 4.83 Å². The van der Waals surface area contributed by atoms with Crippen LogP contribution in [-0.4, -0.2) is 24.1 Å². The SMILES string of the molecule is Cc1ccc(S(=O)(=O)NNC(=O)c2nn(C(C)C)c(=O)c3ccccc23)cc1Cl. The van der Waals surface area contributed by atoms with Crippen molar-refractivity contribution in [3.63, 3.8) is 0 Å². The molecule has 0 saturated carbocycles. The highest BCUT2D eigenvalue weighted by molar-refractivity contribution is 7.89. The molecule has 0 atom stereocenters. The van der Waals surface area contributed by atoms with Crippen LogP contribution in [-0.2, 0) is 10.0 Å². The number of fused-ring (bicyclic) bond motifs is 1. The normalized spacial score (nSPS) is 11.8. The Morgan fingerprint density at radius 2 is 1.79 bits per heavy atom. The van der Waals surface area contributed by atoms with Crippen LogP contribution in [0.25, 0.3) is 10.8 Å². The molecule has 0 aliphatic rings. The Morgan fingerprint density at radius 3 is 2.41 bits per heavy atom. The standard InChI is InChI=1S/C19H19ClN4O4S/c1-11(2)24-19(26)15-7-5-4-6-14(15)17(22-24)18(25)21-23-29(27,28)13-9-8-12(3)16(20)10-13/h4-11,23H,1-3H3,(H,21,25). The van der Waals surface area contributed by atoms with E-state index >= 15 is 0 Å². The summed E-state index contributed by atoms with van der Waals surface area (Å²) in [6.07, 6.45) is 0. The Bertz CT molecular complexity index is 1270. The monoisotopic (exact) mass is 434 g/mol. The predicted molar refractivity (Wildman–Crippen MR) is 110 cm³/mol. The third kappa shape index (κ3) is 4.16. The van der Waals surface area contributed by atoms with Crippen LogP contribution in [0.15, 0.2) is 52.2 Å². The summed E-state index contributed by atoms with van der Waals surface area (Å²) in [5.41, 5.74) is 2.47. The van der Waals surface area contributed by atoms with Crippen LogP contribution in [0.1, 0.15) is 35.9 Å². The minimum absolute atomic E-state index is 0.0708. The minimum Gasteiger partial charge on any atom is -0.272 e. The summed E-state index contributed by atoms with van der Waals surface area (Å²) in [6.45, 7) is 5.26. The van der Waals surface area contributed by atoms with Crippen molar-refractivity contribution in [1.82, 2.24) is 20.0 Å². The number of nitrogens with one attached hydrogen (secondary N) is 2. The van der Waals surface area contributed by atoms with Crippen LogP contribution in [0.2, 0.25) is 5.02 Å². The van der Waals surface area contributed by atoms with E-state index < -0.39 is 15.9 Å². The summed E-state index contributed by atoms with van der Waals surface area (Å²) < 4.78 is 26.1. The molecule has 0 spiro atoms. The Morgan fingerprint density at radius 1 is 1.14 bits per heavy atom. The lowest BCUT2D eigenvalue weighted by Gasteiger charge is -2.14. The van der Waals surface area contributed by atoms with Crippen molar-refractivity contribution in [2.45, 2.75) is 31.7 Å². The third-order valence-corrected chi connectivity index (χ3v) is 5.94. The Labute approximate surface area is 172 Å². The maximum atomic E-state index is 12.7. The highest BCUT2D eigenvalue weighted by Crippen LogP contribution is 2.20. The molecular weight excluding hydrogens is 416 g/mol. The van der Waals surface area contributed by atoms with Crippen molar-refractivity contribution in [2.24, 2.45) is 0 Å². The number of benzene rings is 2. The smallest absolute Gasteiger partial charge is 0.272 e. The lowest BCUT2D eigenvalue weighted by Crippen LogP contribution is -2.42. The minimum atomic E-state index is -4.05. The van der Waals surface area contributed by atoms with E-state index in [2.05, 4.69) is 10.5 Å². The molecule has 1 aromatic heterocycles. The molecule has 2 N–H and O–H groups in total. The zero-order valence-corrected chi connectivity index (χ0v) is 17.5. The van der Waals surface area contributed by atoms with Crippen LogP contribution >= 0.6 is 11.6 Å². The number of rotatable bonds is 5. The number of hydrogen-bond acceptors (Lipinski definition) is 5. The van der Waals surface area contributed by atoms with Gasteiger partial charge in [0.1, 0.15) is 0 Å². The van der Waals surface area contributed by atoms with Crippen LogP contribution in [0.5, 0.6) is 0 Å². The maximum Gasteiger partial charge on any atom is 0.287 e. The van der Waals surface area contributed by atoms with Gasteiger partial charge in [0, 0.05) is 10.4 Å². The Kier molecular flexibility index (Phi) is 5.74. The van der Waals surface area contributed by atoms with Gasteiger partial charge >= 0.3 is 0 Å². The van der Waals surface area contributed by atoms with Crippen molar-refractivity contribution in [3.05, 3.63) is 69.1 Å². The van der Waals surface area contributed by atoms with Crippen LogP contribution in [0.4, 0.5) is 0 Å². The van der Waals surface area contributed by atoms with Crippen LogP contribution < -0.4 is 15.8 Å². The maximum absolute atomic E-state index is 12.7. The van der Waals surface area contributed by atoms with Crippen molar-refractivity contribution >= 4 is 38.3 Å². The van der Waals surface area contributed by atoms with Crippen molar-refractivity contribution in [1.29, 1.82) is 0 Å². The number of aryl methyl sites for hydroxylation is 1. The summed E-state index contributed by atoms with van der Waals surface area (Å²) in [7, 11) is -4.05. The average Bonchev–Trinajstić information content (AvgIpc) is 2.68. The first-order valence-electron chi connectivity index (χ1n) is 8.71. The van der Waals surface area contributed by atoms with Gasteiger partial charge in [0.2, 0.25) is 0 Å². The number of sulfonamides is 1. The molecule has 3 rings (SSSR count). The van der Waals surface area contributed by atoms with Gasteiger partial charge in [-0.05, 0) is 44.5 Å². The van der Waals surface area contributed by atoms with E-state index in [0.29, 0.717) is 10.8 Å². The second-order valence-corrected chi connectivity index (χ2v) is 8.80. The highest BCUT2D eigenvalue weighted by atomic mass is 35.5. The summed E-state index contributed by atoms with van der Waals surface area (Å²) in [6, 6.07) is 10.5. The van der Waals surface area contributed by atoms with Gasteiger partial charge in [0.25, 0.3) is 21.5 Å². The van der Waals surface area contributed by atoms with Crippen molar-refractivity contribution in [2.75, 3.05) is 0 Å². The van der Waals surface area contributed by atoms with Crippen molar-refractivity contribution < 1.29 is 13.2 Å². The summed E-state index contributed by atoms with van der Waals surface area (Å²) in [5, 5.41) is 5.06. The molecule has 0 aliphatic heterocycles. The number of carbonyl (C=O) groups excluding carboxylic acids is 1. The fourth-order valence-electron chi connectivity index (χ4n) is 2.70. The molecule has 0 aliphatic carbocycles. The zero-order valence-electron chi connectivity index (χ0n) is 15.9. The lowest BCUT2D eigenvalue weighted by atomic mass is 10.1. The number of aromatic nitrogens is 2. The average molecular weight is 435 g/mol. The molecule has 8 nitrogen and oxygen atoms in total. The van der Waals surface area contributed by atoms with Gasteiger partial charge in [-0.3, -0.25) is 15.0 Å². The van der Waals surface area contributed by atoms with Gasteiger partial charge in [0.05, 0.1) is 16.3 Å². The van der Waals surface area contributed by atoms with E-state index in [1.165, 1.54) is 16.8 Å². The molecule has 1 amide bonds. The number of carbonyl (C=O) groups is 1. The second-order valence-electron chi connectivity index (χ2n) is 6.71. The van der Waals surface area contributed by atoms with E-state index in [9.17, 15) is 18.0 Å². The van der Waals surface area contributed by atoms with Gasteiger partial charge in [-0.2, -0.15) is 5.10 Å². The molecule has 0 unspecified atom stereocenters. The van der Waals surface area contributed by atoms with Gasteiger partial charge in [0.15, 0.2) is 5.69 Å². The summed E-state index contributed by atoms with van der Waals surface area (Å²) in [4.78, 5) is 27.2. The predicted octanol–water partition coefficient (Wildman–Crippen LogP) is 2.56. The van der Waals surface area contributed by atoms with E-state index in [4.69, 9.17) is 11.6 Å². The van der Waals surface area contributed by atoms with Crippen molar-refractivity contribution in [3.8, 4) is 0 Å². The molecule has 0 bridgehead atoms. The summed E-state index contributed by atoms with van der Waals surface area (Å²) >= 11 is 5.98. The van der Waals surface area contributed by atoms with Crippen LogP contribution in [0, 0.1) is 6.92 Å². The molecular formula is C19H19ClN4O4S. The molecule has 2 aromatic carbocycles. The first-order chi connectivity index (χ1) is 13.6. The lowest BCUT2D eigenvalue weighted by molar-refractivity contribution is 0.0939. The molecule has 29 heavy (non-hydrogen) atoms. The van der Waals surface area contributed by atoms with Gasteiger partial charge in [-0.1, -0.05) is 35.9 Å². The first kappa shape index (κ1) is 21.0. The molecule has 3 aromatic rings. The fourth-order valence-corrected chi connectivity index (χ4v) is 3.81. The first-order valence-corrected chi connectivity index (χ1v) is 10.6. The third-order valence-electron chi connectivity index (χ3n) is 4.29. The highest BCUT2D eigenvalue weighted by Gasteiger charge is 2.21.